The lowest BCUT2D eigenvalue weighted by Crippen LogP contribution is -2.46. The van der Waals surface area contributed by atoms with Crippen molar-refractivity contribution in [2.75, 3.05) is 32.8 Å². The van der Waals surface area contributed by atoms with E-state index in [9.17, 15) is 4.79 Å². The zero-order chi connectivity index (χ0) is 8.27. The summed E-state index contributed by atoms with van der Waals surface area (Å²) in [7, 11) is 0. The van der Waals surface area contributed by atoms with Gasteiger partial charge in [0.05, 0.1) is 0 Å². The minimum absolute atomic E-state index is 0.188. The first-order valence-electron chi connectivity index (χ1n) is 3.56. The molecule has 0 bridgehead atoms. The van der Waals surface area contributed by atoms with Gasteiger partial charge in [0, 0.05) is 26.2 Å². The van der Waals surface area contributed by atoms with Gasteiger partial charge in [-0.05, 0) is 0 Å². The smallest absolute Gasteiger partial charge is 0.248 e. The molecule has 11 heavy (non-hydrogen) atoms. The van der Waals surface area contributed by atoms with Crippen molar-refractivity contribution in [2.45, 2.75) is 0 Å². The summed E-state index contributed by atoms with van der Waals surface area (Å²) in [5, 5.41) is 8.53. The van der Waals surface area contributed by atoms with E-state index in [0.717, 1.165) is 13.1 Å². The van der Waals surface area contributed by atoms with Crippen LogP contribution in [0, 0.1) is 0 Å². The Hall–Kier alpha value is -0.260. The van der Waals surface area contributed by atoms with Crippen molar-refractivity contribution in [1.82, 2.24) is 9.21 Å². The predicted octanol–water partition coefficient (Wildman–Crippen LogP) is -1.03. The van der Waals surface area contributed by atoms with Gasteiger partial charge in [-0.15, -0.1) is 0 Å². The Morgan fingerprint density at radius 1 is 1.36 bits per heavy atom. The summed E-state index contributed by atoms with van der Waals surface area (Å²) in [6, 6.07) is 0. The van der Waals surface area contributed by atoms with Gasteiger partial charge in [0.2, 0.25) is 5.91 Å². The highest BCUT2D eigenvalue weighted by Crippen LogP contribution is 2.02. The molecule has 64 valence electrons. The van der Waals surface area contributed by atoms with E-state index in [1.54, 1.807) is 4.90 Å². The van der Waals surface area contributed by atoms with Crippen LogP contribution in [0.25, 0.3) is 0 Å². The summed E-state index contributed by atoms with van der Waals surface area (Å²) < 4.78 is 1.86. The molecular weight excluding hydrogens is 164 g/mol. The maximum absolute atomic E-state index is 10.9. The molecule has 0 aromatic heterocycles. The van der Waals surface area contributed by atoms with Gasteiger partial charge in [-0.3, -0.25) is 4.79 Å². The van der Waals surface area contributed by atoms with E-state index < -0.39 is 0 Å². The largest absolute Gasteiger partial charge is 0.387 e. The molecule has 0 radical (unpaired) electrons. The molecule has 0 saturated carbocycles. The van der Waals surface area contributed by atoms with Crippen LogP contribution in [0.1, 0.15) is 0 Å². The third-order valence-electron chi connectivity index (χ3n) is 1.74. The van der Waals surface area contributed by atoms with Gasteiger partial charge in [-0.2, -0.15) is 0 Å². The Labute approximate surface area is 71.3 Å². The Kier molecular flexibility index (Phi) is 3.16. The number of nitrogens with zero attached hydrogens (tertiary/aromatic N) is 2. The topological polar surface area (TPSA) is 43.8 Å². The van der Waals surface area contributed by atoms with Gasteiger partial charge < -0.3 is 10.0 Å². The third-order valence-corrected chi connectivity index (χ3v) is 2.14. The van der Waals surface area contributed by atoms with Gasteiger partial charge in [0.1, 0.15) is 6.61 Å². The maximum atomic E-state index is 10.9. The first kappa shape index (κ1) is 8.83. The second-order valence-electron chi connectivity index (χ2n) is 2.49. The van der Waals surface area contributed by atoms with E-state index in [0.29, 0.717) is 13.1 Å². The van der Waals surface area contributed by atoms with Crippen LogP contribution in [0.4, 0.5) is 0 Å². The Bertz CT molecular complexity index is 146. The van der Waals surface area contributed by atoms with Crippen molar-refractivity contribution in [3.8, 4) is 0 Å². The van der Waals surface area contributed by atoms with Crippen LogP contribution in [0.5, 0.6) is 0 Å². The molecule has 1 N–H and O–H groups in total. The number of amides is 1. The molecule has 4 nitrogen and oxygen atoms in total. The molecule has 5 heteroatoms. The van der Waals surface area contributed by atoms with E-state index >= 15 is 0 Å². The minimum atomic E-state index is -0.382. The fraction of sp³-hybridized carbons (Fsp3) is 0.833. The van der Waals surface area contributed by atoms with Crippen LogP contribution in [-0.2, 0) is 4.79 Å². The molecule has 0 unspecified atom stereocenters. The number of hydrogen-bond donors (Lipinski definition) is 2. The normalized spacial score (nSPS) is 20.4. The first-order valence-corrected chi connectivity index (χ1v) is 3.96. The Morgan fingerprint density at radius 2 is 1.91 bits per heavy atom. The number of aliphatic hydroxyl groups excluding tert-OH is 1. The number of carbonyl (C=O) groups is 1. The highest BCUT2D eigenvalue weighted by Gasteiger charge is 2.17. The molecule has 1 aliphatic heterocycles. The molecule has 1 fully saturated rings. The van der Waals surface area contributed by atoms with Gasteiger partial charge in [0.25, 0.3) is 0 Å². The highest BCUT2D eigenvalue weighted by atomic mass is 32.1. The predicted molar refractivity (Wildman–Crippen MR) is 44.2 cm³/mol. The second kappa shape index (κ2) is 3.94. The standard InChI is InChI=1S/C6H12N2O2S/c9-5-6(10)7-1-3-8(11)4-2-7/h9,11H,1-5H2. The quantitative estimate of drug-likeness (QED) is 0.502. The van der Waals surface area contributed by atoms with E-state index in [1.165, 1.54) is 0 Å². The molecule has 1 heterocycles. The molecule has 0 aromatic rings. The molecule has 0 aromatic carbocycles. The lowest BCUT2D eigenvalue weighted by Gasteiger charge is -2.31. The van der Waals surface area contributed by atoms with Gasteiger partial charge in [-0.25, -0.2) is 4.31 Å². The molecule has 1 saturated heterocycles. The van der Waals surface area contributed by atoms with Gasteiger partial charge >= 0.3 is 0 Å². The second-order valence-corrected chi connectivity index (χ2v) is 3.06. The summed E-state index contributed by atoms with van der Waals surface area (Å²) >= 11 is 4.13. The summed E-state index contributed by atoms with van der Waals surface area (Å²) in [6.45, 7) is 2.50. The van der Waals surface area contributed by atoms with Crippen LogP contribution in [-0.4, -0.2) is 53.0 Å². The summed E-state index contributed by atoms with van der Waals surface area (Å²) in [5.41, 5.74) is 0. The van der Waals surface area contributed by atoms with Crippen molar-refractivity contribution >= 4 is 18.7 Å². The number of carbonyl (C=O) groups excluding carboxylic acids is 1. The SMILES string of the molecule is O=C(CO)N1CCN(S)CC1. The van der Waals surface area contributed by atoms with E-state index in [2.05, 4.69) is 12.8 Å². The minimum Gasteiger partial charge on any atom is -0.387 e. The Morgan fingerprint density at radius 3 is 2.36 bits per heavy atom. The van der Waals surface area contributed by atoms with Crippen molar-refractivity contribution in [2.24, 2.45) is 0 Å². The third kappa shape index (κ3) is 2.36. The lowest BCUT2D eigenvalue weighted by atomic mass is 10.3. The zero-order valence-electron chi connectivity index (χ0n) is 6.23. The molecule has 0 spiro atoms. The maximum Gasteiger partial charge on any atom is 0.248 e. The first-order chi connectivity index (χ1) is 5.24. The average molecular weight is 176 g/mol. The number of hydrogen-bond acceptors (Lipinski definition) is 4. The van der Waals surface area contributed by atoms with Crippen LogP contribution in [0.3, 0.4) is 0 Å². The van der Waals surface area contributed by atoms with E-state index in [-0.39, 0.29) is 12.5 Å². The number of thiol groups is 1. The van der Waals surface area contributed by atoms with Gasteiger partial charge in [-0.1, -0.05) is 12.8 Å². The average Bonchev–Trinajstić information content (AvgIpc) is 2.05. The van der Waals surface area contributed by atoms with Crippen LogP contribution < -0.4 is 0 Å². The lowest BCUT2D eigenvalue weighted by molar-refractivity contribution is -0.135. The van der Waals surface area contributed by atoms with E-state index in [4.69, 9.17) is 5.11 Å². The number of aliphatic hydroxyl groups is 1. The fourth-order valence-electron chi connectivity index (χ4n) is 1.05. The zero-order valence-corrected chi connectivity index (χ0v) is 7.13. The summed E-state index contributed by atoms with van der Waals surface area (Å²) in [4.78, 5) is 12.6. The van der Waals surface area contributed by atoms with Crippen LogP contribution in [0.15, 0.2) is 0 Å². The van der Waals surface area contributed by atoms with Crippen molar-refractivity contribution in [3.63, 3.8) is 0 Å². The fourth-order valence-corrected chi connectivity index (χ4v) is 1.22. The van der Waals surface area contributed by atoms with Crippen molar-refractivity contribution in [3.05, 3.63) is 0 Å². The number of piperazine rings is 1. The molecular formula is C6H12N2O2S. The molecule has 1 rings (SSSR count). The summed E-state index contributed by atoms with van der Waals surface area (Å²) in [5.74, 6) is -0.188. The highest BCUT2D eigenvalue weighted by molar-refractivity contribution is 7.77. The molecule has 1 aliphatic rings. The van der Waals surface area contributed by atoms with Crippen molar-refractivity contribution < 1.29 is 9.90 Å². The van der Waals surface area contributed by atoms with Crippen LogP contribution in [0.2, 0.25) is 0 Å². The molecule has 1 amide bonds. The van der Waals surface area contributed by atoms with Crippen LogP contribution >= 0.6 is 12.8 Å². The number of rotatable bonds is 1. The summed E-state index contributed by atoms with van der Waals surface area (Å²) in [6.07, 6.45) is 0. The van der Waals surface area contributed by atoms with Crippen molar-refractivity contribution in [1.29, 1.82) is 0 Å². The molecule has 0 aliphatic carbocycles. The monoisotopic (exact) mass is 176 g/mol. The van der Waals surface area contributed by atoms with Gasteiger partial charge in [0.15, 0.2) is 0 Å². The van der Waals surface area contributed by atoms with E-state index in [1.807, 2.05) is 4.31 Å². The molecule has 0 atom stereocenters. The Balaban J connectivity index is 2.33.